The van der Waals surface area contributed by atoms with E-state index in [0.29, 0.717) is 5.02 Å². The largest absolute Gasteiger partial charge is 0.483 e. The lowest BCUT2D eigenvalue weighted by Crippen LogP contribution is -2.24. The summed E-state index contributed by atoms with van der Waals surface area (Å²) in [4.78, 5) is 21.7. The Morgan fingerprint density at radius 3 is 2.83 bits per heavy atom. The molecule has 0 bridgehead atoms. The number of nitrogens with zero attached hydrogens (tertiary/aromatic N) is 2. The molecule has 1 amide bonds. The van der Waals surface area contributed by atoms with Gasteiger partial charge in [-0.05, 0) is 23.8 Å². The van der Waals surface area contributed by atoms with E-state index in [1.807, 2.05) is 0 Å². The first-order valence-corrected chi connectivity index (χ1v) is 6.87. The van der Waals surface area contributed by atoms with Gasteiger partial charge in [0.05, 0.1) is 17.2 Å². The van der Waals surface area contributed by atoms with E-state index < -0.39 is 10.8 Å². The normalized spacial score (nSPS) is 10.5. The second kappa shape index (κ2) is 7.90. The molecule has 118 valence electrons. The highest BCUT2D eigenvalue weighted by molar-refractivity contribution is 6.30. The quantitative estimate of drug-likeness (QED) is 0.499. The SMILES string of the molecule is O=C(COc1cccc([N+](=O)[O-])c1)N/N=C\c1cccc(Cl)c1. The Morgan fingerprint density at radius 1 is 1.30 bits per heavy atom. The Hall–Kier alpha value is -2.93. The van der Waals surface area contributed by atoms with E-state index in [4.69, 9.17) is 16.3 Å². The predicted molar refractivity (Wildman–Crippen MR) is 85.8 cm³/mol. The van der Waals surface area contributed by atoms with Crippen molar-refractivity contribution >= 4 is 29.4 Å². The first kappa shape index (κ1) is 16.4. The molecule has 2 aromatic rings. The van der Waals surface area contributed by atoms with Gasteiger partial charge in [0.25, 0.3) is 11.6 Å². The molecule has 1 N–H and O–H groups in total. The molecule has 0 aromatic heterocycles. The van der Waals surface area contributed by atoms with Gasteiger partial charge in [-0.15, -0.1) is 0 Å². The van der Waals surface area contributed by atoms with Crippen molar-refractivity contribution in [3.05, 3.63) is 69.2 Å². The molecule has 0 saturated heterocycles. The Balaban J connectivity index is 1.83. The van der Waals surface area contributed by atoms with Crippen molar-refractivity contribution in [1.29, 1.82) is 0 Å². The molecule has 2 rings (SSSR count). The number of amides is 1. The molecule has 0 spiro atoms. The summed E-state index contributed by atoms with van der Waals surface area (Å²) in [5.41, 5.74) is 2.91. The van der Waals surface area contributed by atoms with Crippen LogP contribution < -0.4 is 10.2 Å². The zero-order valence-electron chi connectivity index (χ0n) is 11.8. The highest BCUT2D eigenvalue weighted by Crippen LogP contribution is 2.18. The third-order valence-electron chi connectivity index (χ3n) is 2.65. The maximum absolute atomic E-state index is 11.6. The molecule has 7 nitrogen and oxygen atoms in total. The highest BCUT2D eigenvalue weighted by Gasteiger charge is 2.07. The van der Waals surface area contributed by atoms with Crippen molar-refractivity contribution in [2.24, 2.45) is 5.10 Å². The lowest BCUT2D eigenvalue weighted by atomic mass is 10.2. The van der Waals surface area contributed by atoms with Gasteiger partial charge in [-0.25, -0.2) is 5.43 Å². The average Bonchev–Trinajstić information content (AvgIpc) is 2.53. The number of benzene rings is 2. The molecule has 0 aliphatic rings. The van der Waals surface area contributed by atoms with E-state index in [2.05, 4.69) is 10.5 Å². The summed E-state index contributed by atoms with van der Waals surface area (Å²) < 4.78 is 5.17. The van der Waals surface area contributed by atoms with Crippen LogP contribution in [0.1, 0.15) is 5.56 Å². The number of hydrogen-bond acceptors (Lipinski definition) is 5. The topological polar surface area (TPSA) is 93.8 Å². The minimum absolute atomic E-state index is 0.109. The van der Waals surface area contributed by atoms with Crippen molar-refractivity contribution < 1.29 is 14.5 Å². The van der Waals surface area contributed by atoms with Crippen LogP contribution in [0, 0.1) is 10.1 Å². The summed E-state index contributed by atoms with van der Waals surface area (Å²) >= 11 is 5.82. The maximum atomic E-state index is 11.6. The molecule has 23 heavy (non-hydrogen) atoms. The minimum atomic E-state index is -0.539. The fourth-order valence-corrected chi connectivity index (χ4v) is 1.83. The molecule has 8 heteroatoms. The van der Waals surface area contributed by atoms with Crippen LogP contribution in [-0.2, 0) is 4.79 Å². The number of rotatable bonds is 6. The van der Waals surface area contributed by atoms with Crippen LogP contribution >= 0.6 is 11.6 Å². The summed E-state index contributed by atoms with van der Waals surface area (Å²) in [7, 11) is 0. The molecule has 0 fully saturated rings. The van der Waals surface area contributed by atoms with Crippen molar-refractivity contribution in [2.45, 2.75) is 0 Å². The van der Waals surface area contributed by atoms with Crippen LogP contribution in [0.3, 0.4) is 0 Å². The lowest BCUT2D eigenvalue weighted by molar-refractivity contribution is -0.384. The third-order valence-corrected chi connectivity index (χ3v) is 2.89. The summed E-state index contributed by atoms with van der Waals surface area (Å²) in [5.74, 6) is -0.261. The summed E-state index contributed by atoms with van der Waals surface area (Å²) in [6.45, 7) is -0.311. The van der Waals surface area contributed by atoms with Crippen LogP contribution in [0.25, 0.3) is 0 Å². The standard InChI is InChI=1S/C15H12ClN3O4/c16-12-4-1-3-11(7-12)9-17-18-15(20)10-23-14-6-2-5-13(8-14)19(21)22/h1-9H,10H2,(H,18,20)/b17-9-. The zero-order valence-corrected chi connectivity index (χ0v) is 12.6. The Morgan fingerprint density at radius 2 is 2.09 bits per heavy atom. The van der Waals surface area contributed by atoms with Crippen LogP contribution in [0.2, 0.25) is 5.02 Å². The van der Waals surface area contributed by atoms with Gasteiger partial charge in [0.1, 0.15) is 5.75 Å². The summed E-state index contributed by atoms with van der Waals surface area (Å²) in [6.07, 6.45) is 1.44. The summed E-state index contributed by atoms with van der Waals surface area (Å²) in [6, 6.07) is 12.5. The number of nitro groups is 1. The van der Waals surface area contributed by atoms with Crippen LogP contribution in [0.4, 0.5) is 5.69 Å². The van der Waals surface area contributed by atoms with Gasteiger partial charge in [0.2, 0.25) is 0 Å². The molecular weight excluding hydrogens is 322 g/mol. The second-order valence-corrected chi connectivity index (χ2v) is 4.83. The summed E-state index contributed by atoms with van der Waals surface area (Å²) in [5, 5.41) is 15.0. The first-order chi connectivity index (χ1) is 11.0. The smallest absolute Gasteiger partial charge is 0.277 e. The molecule has 0 heterocycles. The molecule has 0 atom stereocenters. The van der Waals surface area contributed by atoms with Gasteiger partial charge in [-0.2, -0.15) is 5.10 Å². The van der Waals surface area contributed by atoms with Crippen molar-refractivity contribution in [3.8, 4) is 5.75 Å². The number of non-ortho nitro benzene ring substituents is 1. The Labute approximate surface area is 136 Å². The van der Waals surface area contributed by atoms with E-state index >= 15 is 0 Å². The monoisotopic (exact) mass is 333 g/mol. The molecule has 2 aromatic carbocycles. The molecule has 0 aliphatic carbocycles. The van der Waals surface area contributed by atoms with Crippen LogP contribution in [-0.4, -0.2) is 23.7 Å². The Kier molecular flexibility index (Phi) is 5.65. The fourth-order valence-electron chi connectivity index (χ4n) is 1.63. The van der Waals surface area contributed by atoms with E-state index in [1.54, 1.807) is 24.3 Å². The maximum Gasteiger partial charge on any atom is 0.277 e. The number of carbonyl (C=O) groups excluding carboxylic acids is 1. The van der Waals surface area contributed by atoms with E-state index in [0.717, 1.165) is 5.56 Å². The van der Waals surface area contributed by atoms with Crippen molar-refractivity contribution in [3.63, 3.8) is 0 Å². The number of carbonyl (C=O) groups is 1. The number of nitro benzene ring substituents is 1. The van der Waals surface area contributed by atoms with Crippen molar-refractivity contribution in [2.75, 3.05) is 6.61 Å². The van der Waals surface area contributed by atoms with Crippen LogP contribution in [0.5, 0.6) is 5.75 Å². The van der Waals surface area contributed by atoms with E-state index in [9.17, 15) is 14.9 Å². The average molecular weight is 334 g/mol. The highest BCUT2D eigenvalue weighted by atomic mass is 35.5. The number of hydrogen-bond donors (Lipinski definition) is 1. The second-order valence-electron chi connectivity index (χ2n) is 4.39. The molecule has 0 aliphatic heterocycles. The van der Waals surface area contributed by atoms with Gasteiger partial charge < -0.3 is 4.74 Å². The van der Waals surface area contributed by atoms with E-state index in [-0.39, 0.29) is 18.0 Å². The minimum Gasteiger partial charge on any atom is -0.483 e. The Bertz CT molecular complexity index is 749. The van der Waals surface area contributed by atoms with Gasteiger partial charge in [-0.1, -0.05) is 29.8 Å². The predicted octanol–water partition coefficient (Wildman–Crippen LogP) is 2.78. The number of halogens is 1. The first-order valence-electron chi connectivity index (χ1n) is 6.49. The molecule has 0 radical (unpaired) electrons. The number of ether oxygens (including phenoxy) is 1. The fraction of sp³-hybridized carbons (Fsp3) is 0.0667. The van der Waals surface area contributed by atoms with Gasteiger partial charge >= 0.3 is 0 Å². The van der Waals surface area contributed by atoms with Crippen LogP contribution in [0.15, 0.2) is 53.6 Å². The van der Waals surface area contributed by atoms with Gasteiger partial charge in [-0.3, -0.25) is 14.9 Å². The van der Waals surface area contributed by atoms with Gasteiger partial charge in [0, 0.05) is 11.1 Å². The molecular formula is C15H12ClN3O4. The van der Waals surface area contributed by atoms with E-state index in [1.165, 1.54) is 30.5 Å². The molecule has 0 saturated carbocycles. The van der Waals surface area contributed by atoms with Gasteiger partial charge in [0.15, 0.2) is 6.61 Å². The third kappa shape index (κ3) is 5.40. The molecule has 0 unspecified atom stereocenters. The van der Waals surface area contributed by atoms with Crippen molar-refractivity contribution in [1.82, 2.24) is 5.43 Å². The zero-order chi connectivity index (χ0) is 16.7. The number of hydrazone groups is 1. The number of nitrogens with one attached hydrogen (secondary N) is 1. The lowest BCUT2D eigenvalue weighted by Gasteiger charge is -2.04.